The fourth-order valence-electron chi connectivity index (χ4n) is 4.07. The van der Waals surface area contributed by atoms with E-state index in [1.54, 1.807) is 6.07 Å². The number of aryl methyl sites for hydroxylation is 1. The van der Waals surface area contributed by atoms with Gasteiger partial charge in [0.25, 0.3) is 5.56 Å². The van der Waals surface area contributed by atoms with Crippen molar-refractivity contribution in [1.82, 2.24) is 14.9 Å². The molecule has 1 N–H and O–H groups in total. The molecule has 0 aliphatic carbocycles. The van der Waals surface area contributed by atoms with Crippen LogP contribution in [0.5, 0.6) is 0 Å². The number of ether oxygens (including phenoxy) is 1. The van der Waals surface area contributed by atoms with Crippen molar-refractivity contribution in [3.8, 4) is 0 Å². The fourth-order valence-corrected chi connectivity index (χ4v) is 4.07. The third-order valence-corrected chi connectivity index (χ3v) is 5.64. The van der Waals surface area contributed by atoms with Crippen LogP contribution >= 0.6 is 0 Å². The van der Waals surface area contributed by atoms with Gasteiger partial charge in [-0.1, -0.05) is 24.3 Å². The molecule has 0 spiro atoms. The lowest BCUT2D eigenvalue weighted by Gasteiger charge is -2.33. The number of nitrogens with zero attached hydrogens (tertiary/aromatic N) is 3. The van der Waals surface area contributed by atoms with Crippen molar-refractivity contribution < 1.29 is 4.74 Å². The lowest BCUT2D eigenvalue weighted by Crippen LogP contribution is -2.39. The first kappa shape index (κ1) is 18.2. The van der Waals surface area contributed by atoms with Gasteiger partial charge in [0.1, 0.15) is 0 Å². The highest BCUT2D eigenvalue weighted by molar-refractivity contribution is 5.32. The number of piperidine rings is 1. The van der Waals surface area contributed by atoms with Crippen LogP contribution in [0.1, 0.15) is 35.6 Å². The number of nitrogens with one attached hydrogen (secondary N) is 1. The van der Waals surface area contributed by atoms with Crippen molar-refractivity contribution in [2.45, 2.75) is 32.2 Å². The number of morpholine rings is 1. The molecule has 1 atom stereocenters. The number of hydrogen-bond donors (Lipinski definition) is 1. The highest BCUT2D eigenvalue weighted by Gasteiger charge is 2.24. The molecule has 6 heteroatoms. The van der Waals surface area contributed by atoms with E-state index < -0.39 is 0 Å². The predicted octanol–water partition coefficient (Wildman–Crippen LogP) is 2.29. The summed E-state index contributed by atoms with van der Waals surface area (Å²) >= 11 is 0. The van der Waals surface area contributed by atoms with E-state index in [4.69, 9.17) is 9.72 Å². The summed E-state index contributed by atoms with van der Waals surface area (Å²) in [5.41, 5.74) is 3.58. The van der Waals surface area contributed by atoms with Crippen molar-refractivity contribution in [3.05, 3.63) is 57.5 Å². The molecule has 2 saturated heterocycles. The minimum absolute atomic E-state index is 0.0579. The van der Waals surface area contributed by atoms with Crippen molar-refractivity contribution >= 4 is 5.95 Å². The Morgan fingerprint density at radius 1 is 1.22 bits per heavy atom. The minimum Gasteiger partial charge on any atom is -0.378 e. The lowest BCUT2D eigenvalue weighted by atomic mass is 9.94. The molecule has 4 rings (SSSR count). The monoisotopic (exact) mass is 368 g/mol. The van der Waals surface area contributed by atoms with Crippen molar-refractivity contribution in [1.29, 1.82) is 0 Å². The van der Waals surface area contributed by atoms with Crippen LogP contribution in [0.3, 0.4) is 0 Å². The number of aromatic amines is 1. The summed E-state index contributed by atoms with van der Waals surface area (Å²) in [5.74, 6) is 1.00. The summed E-state index contributed by atoms with van der Waals surface area (Å²) in [6.45, 7) is 8.10. The second-order valence-electron chi connectivity index (χ2n) is 7.59. The van der Waals surface area contributed by atoms with Crippen LogP contribution in [0.25, 0.3) is 0 Å². The van der Waals surface area contributed by atoms with E-state index in [-0.39, 0.29) is 5.56 Å². The van der Waals surface area contributed by atoms with E-state index >= 15 is 0 Å². The lowest BCUT2D eigenvalue weighted by molar-refractivity contribution is 0.122. The topological polar surface area (TPSA) is 61.5 Å². The van der Waals surface area contributed by atoms with Crippen LogP contribution in [0.2, 0.25) is 0 Å². The molecule has 1 aromatic carbocycles. The molecular formula is C21H28N4O2. The summed E-state index contributed by atoms with van der Waals surface area (Å²) in [7, 11) is 0. The van der Waals surface area contributed by atoms with Gasteiger partial charge in [-0.25, -0.2) is 4.98 Å². The predicted molar refractivity (Wildman–Crippen MR) is 106 cm³/mol. The number of rotatable bonds is 4. The average molecular weight is 368 g/mol. The van der Waals surface area contributed by atoms with E-state index in [9.17, 15) is 4.79 Å². The maximum absolute atomic E-state index is 12.2. The molecule has 0 bridgehead atoms. The SMILES string of the molecule is Cc1ccccc1CN1CCCC(c2cc(=O)[nH]c(N3CCOCC3)n2)C1. The minimum atomic E-state index is -0.0579. The Kier molecular flexibility index (Phi) is 5.55. The van der Waals surface area contributed by atoms with Crippen LogP contribution in [-0.2, 0) is 11.3 Å². The van der Waals surface area contributed by atoms with Crippen molar-refractivity contribution in [3.63, 3.8) is 0 Å². The number of benzene rings is 1. The van der Waals surface area contributed by atoms with Gasteiger partial charge >= 0.3 is 0 Å². The quantitative estimate of drug-likeness (QED) is 0.897. The number of anilines is 1. The Morgan fingerprint density at radius 2 is 2.04 bits per heavy atom. The van der Waals surface area contributed by atoms with Crippen molar-refractivity contribution in [2.24, 2.45) is 0 Å². The Labute approximate surface area is 160 Å². The molecule has 0 amide bonds. The van der Waals surface area contributed by atoms with E-state index in [0.29, 0.717) is 25.1 Å². The molecule has 144 valence electrons. The summed E-state index contributed by atoms with van der Waals surface area (Å²) in [4.78, 5) is 24.6. The van der Waals surface area contributed by atoms with Gasteiger partial charge in [-0.2, -0.15) is 0 Å². The zero-order valence-electron chi connectivity index (χ0n) is 16.0. The van der Waals surface area contributed by atoms with Crippen molar-refractivity contribution in [2.75, 3.05) is 44.3 Å². The largest absolute Gasteiger partial charge is 0.378 e. The van der Waals surface area contributed by atoms with Gasteiger partial charge in [-0.05, 0) is 37.4 Å². The average Bonchev–Trinajstić information content (AvgIpc) is 2.70. The second kappa shape index (κ2) is 8.23. The Bertz CT molecular complexity index is 829. The summed E-state index contributed by atoms with van der Waals surface area (Å²) < 4.78 is 5.41. The number of likely N-dealkylation sites (tertiary alicyclic amines) is 1. The van der Waals surface area contributed by atoms with Crippen LogP contribution in [0.4, 0.5) is 5.95 Å². The Hall–Kier alpha value is -2.18. The van der Waals surface area contributed by atoms with Gasteiger partial charge in [0.2, 0.25) is 5.95 Å². The third kappa shape index (κ3) is 4.39. The van der Waals surface area contributed by atoms with E-state index in [2.05, 4.69) is 46.0 Å². The zero-order valence-corrected chi connectivity index (χ0v) is 16.0. The van der Waals surface area contributed by atoms with E-state index in [1.165, 1.54) is 11.1 Å². The number of hydrogen-bond acceptors (Lipinski definition) is 5. The van der Waals surface area contributed by atoms with Gasteiger partial charge in [-0.3, -0.25) is 14.7 Å². The van der Waals surface area contributed by atoms with E-state index in [1.807, 2.05) is 0 Å². The molecular weight excluding hydrogens is 340 g/mol. The van der Waals surface area contributed by atoms with Gasteiger partial charge < -0.3 is 9.64 Å². The summed E-state index contributed by atoms with van der Waals surface area (Å²) in [5, 5.41) is 0. The molecule has 2 aliphatic heterocycles. The molecule has 2 aromatic rings. The standard InChI is InChI=1S/C21H28N4O2/c1-16-5-2-3-6-17(16)14-24-8-4-7-18(15-24)19-13-20(26)23-21(22-19)25-9-11-27-12-10-25/h2-3,5-6,13,18H,4,7-12,14-15H2,1H3,(H,22,23,26). The first-order valence-electron chi connectivity index (χ1n) is 9.90. The van der Waals surface area contributed by atoms with Gasteiger partial charge in [-0.15, -0.1) is 0 Å². The fraction of sp³-hybridized carbons (Fsp3) is 0.524. The molecule has 3 heterocycles. The molecule has 0 radical (unpaired) electrons. The van der Waals surface area contributed by atoms with Crippen LogP contribution in [-0.4, -0.2) is 54.3 Å². The van der Waals surface area contributed by atoms with Gasteiger partial charge in [0, 0.05) is 38.2 Å². The molecule has 1 aromatic heterocycles. The first-order chi connectivity index (χ1) is 13.2. The van der Waals surface area contributed by atoms with Crippen LogP contribution in [0.15, 0.2) is 35.1 Å². The molecule has 0 saturated carbocycles. The van der Waals surface area contributed by atoms with Gasteiger partial charge in [0.15, 0.2) is 0 Å². The van der Waals surface area contributed by atoms with Crippen LogP contribution < -0.4 is 10.5 Å². The smallest absolute Gasteiger partial charge is 0.252 e. The highest BCUT2D eigenvalue weighted by atomic mass is 16.5. The molecule has 1 unspecified atom stereocenters. The zero-order chi connectivity index (χ0) is 18.6. The van der Waals surface area contributed by atoms with Crippen LogP contribution in [0, 0.1) is 6.92 Å². The maximum Gasteiger partial charge on any atom is 0.252 e. The third-order valence-electron chi connectivity index (χ3n) is 5.64. The molecule has 2 aliphatic rings. The first-order valence-corrected chi connectivity index (χ1v) is 9.90. The highest BCUT2D eigenvalue weighted by Crippen LogP contribution is 2.27. The Balaban J connectivity index is 1.50. The summed E-state index contributed by atoms with van der Waals surface area (Å²) in [6.07, 6.45) is 2.22. The second-order valence-corrected chi connectivity index (χ2v) is 7.59. The number of aromatic nitrogens is 2. The van der Waals surface area contributed by atoms with E-state index in [0.717, 1.165) is 51.3 Å². The summed E-state index contributed by atoms with van der Waals surface area (Å²) in [6, 6.07) is 10.3. The molecule has 6 nitrogen and oxygen atoms in total. The molecule has 2 fully saturated rings. The van der Waals surface area contributed by atoms with Gasteiger partial charge in [0.05, 0.1) is 18.9 Å². The molecule has 27 heavy (non-hydrogen) atoms. The normalized spacial score (nSPS) is 21.4. The maximum atomic E-state index is 12.2. The number of H-pyrrole nitrogens is 1. The Morgan fingerprint density at radius 3 is 2.85 bits per heavy atom.